The van der Waals surface area contributed by atoms with Crippen LogP contribution in [0.1, 0.15) is 36.6 Å². The molecule has 2 unspecified atom stereocenters. The van der Waals surface area contributed by atoms with E-state index in [1.165, 1.54) is 40.8 Å². The summed E-state index contributed by atoms with van der Waals surface area (Å²) < 4.78 is 0. The first-order valence-corrected chi connectivity index (χ1v) is 9.16. The summed E-state index contributed by atoms with van der Waals surface area (Å²) in [6.45, 7) is 6.59. The molecule has 2 aromatic rings. The van der Waals surface area contributed by atoms with Gasteiger partial charge in [0.05, 0.1) is 5.39 Å². The number of nitrogens with one attached hydrogen (secondary N) is 1. The summed E-state index contributed by atoms with van der Waals surface area (Å²) in [4.78, 5) is 11.4. The Hall–Kier alpha value is -0.810. The number of hydrogen-bond donors (Lipinski definition) is 1. The normalized spacial score (nSPS) is 22.6. The molecule has 3 nitrogen and oxygen atoms in total. The molecular weight excluding hydrogens is 286 g/mol. The van der Waals surface area contributed by atoms with Crippen molar-refractivity contribution in [3.05, 3.63) is 16.8 Å². The zero-order valence-electron chi connectivity index (χ0n) is 12.3. The van der Waals surface area contributed by atoms with Gasteiger partial charge in [0.15, 0.2) is 0 Å². The molecule has 5 heteroatoms. The lowest BCUT2D eigenvalue weighted by Crippen LogP contribution is -2.26. The fourth-order valence-corrected chi connectivity index (χ4v) is 5.17. The van der Waals surface area contributed by atoms with Crippen molar-refractivity contribution in [2.45, 2.75) is 51.3 Å². The molecule has 0 amide bonds. The van der Waals surface area contributed by atoms with Crippen LogP contribution in [0.3, 0.4) is 0 Å². The van der Waals surface area contributed by atoms with Gasteiger partial charge in [-0.15, -0.1) is 11.3 Å². The number of anilines is 1. The molecule has 1 N–H and O–H groups in total. The minimum atomic E-state index is 0.553. The summed E-state index contributed by atoms with van der Waals surface area (Å²) in [6, 6.07) is 0.553. The molecule has 1 aliphatic carbocycles. The van der Waals surface area contributed by atoms with E-state index in [4.69, 9.17) is 0 Å². The van der Waals surface area contributed by atoms with Crippen molar-refractivity contribution in [1.29, 1.82) is 0 Å². The molecule has 1 aliphatic rings. The molecule has 1 fully saturated rings. The van der Waals surface area contributed by atoms with Gasteiger partial charge in [0.2, 0.25) is 0 Å². The van der Waals surface area contributed by atoms with Crippen molar-refractivity contribution in [1.82, 2.24) is 9.97 Å². The lowest BCUT2D eigenvalue weighted by Gasteiger charge is -2.21. The maximum Gasteiger partial charge on any atom is 0.138 e. The van der Waals surface area contributed by atoms with Gasteiger partial charge in [-0.3, -0.25) is 0 Å². The molecule has 2 aromatic heterocycles. The third-order valence-corrected chi connectivity index (χ3v) is 6.56. The molecule has 0 bridgehead atoms. The Morgan fingerprint density at radius 1 is 1.35 bits per heavy atom. The average Bonchev–Trinajstić information content (AvgIpc) is 2.97. The maximum atomic E-state index is 4.51. The van der Waals surface area contributed by atoms with Gasteiger partial charge in [-0.05, 0) is 38.0 Å². The third kappa shape index (κ3) is 2.53. The van der Waals surface area contributed by atoms with Gasteiger partial charge in [-0.2, -0.15) is 11.8 Å². The summed E-state index contributed by atoms with van der Waals surface area (Å²) in [5.41, 5.74) is 1.32. The van der Waals surface area contributed by atoms with Crippen LogP contribution in [0.25, 0.3) is 10.2 Å². The molecule has 0 spiro atoms. The van der Waals surface area contributed by atoms with Crippen molar-refractivity contribution >= 4 is 39.1 Å². The lowest BCUT2D eigenvalue weighted by atomic mass is 10.2. The van der Waals surface area contributed by atoms with Crippen LogP contribution in [0, 0.1) is 13.8 Å². The van der Waals surface area contributed by atoms with E-state index in [1.807, 2.05) is 0 Å². The second kappa shape index (κ2) is 5.90. The van der Waals surface area contributed by atoms with E-state index in [0.717, 1.165) is 15.9 Å². The quantitative estimate of drug-likeness (QED) is 0.909. The smallest absolute Gasteiger partial charge is 0.138 e. The molecule has 2 heterocycles. The van der Waals surface area contributed by atoms with Gasteiger partial charge in [-0.1, -0.05) is 13.3 Å². The monoisotopic (exact) mass is 307 g/mol. The molecule has 108 valence electrons. The van der Waals surface area contributed by atoms with Gasteiger partial charge in [-0.25, -0.2) is 9.97 Å². The van der Waals surface area contributed by atoms with Crippen LogP contribution in [0.15, 0.2) is 6.33 Å². The van der Waals surface area contributed by atoms with Gasteiger partial charge >= 0.3 is 0 Å². The van der Waals surface area contributed by atoms with Crippen LogP contribution in [0.2, 0.25) is 0 Å². The third-order valence-electron chi connectivity index (χ3n) is 4.12. The van der Waals surface area contributed by atoms with Crippen molar-refractivity contribution < 1.29 is 0 Å². The van der Waals surface area contributed by atoms with E-state index in [2.05, 4.69) is 47.8 Å². The number of rotatable bonds is 4. The number of nitrogens with zero attached hydrogens (tertiary/aromatic N) is 2. The topological polar surface area (TPSA) is 37.8 Å². The van der Waals surface area contributed by atoms with Crippen molar-refractivity contribution in [2.24, 2.45) is 0 Å². The molecule has 0 aromatic carbocycles. The highest BCUT2D eigenvalue weighted by atomic mass is 32.2. The van der Waals surface area contributed by atoms with E-state index in [1.54, 1.807) is 17.7 Å². The maximum absolute atomic E-state index is 4.51. The number of thiophene rings is 1. The van der Waals surface area contributed by atoms with Gasteiger partial charge < -0.3 is 5.32 Å². The predicted octanol–water partition coefficient (Wildman–Crippen LogP) is 4.39. The van der Waals surface area contributed by atoms with Crippen LogP contribution in [0.5, 0.6) is 0 Å². The second-order valence-corrected chi connectivity index (χ2v) is 8.08. The minimum absolute atomic E-state index is 0.553. The highest BCUT2D eigenvalue weighted by Crippen LogP contribution is 2.36. The van der Waals surface area contributed by atoms with Gasteiger partial charge in [0, 0.05) is 16.2 Å². The van der Waals surface area contributed by atoms with E-state index >= 15 is 0 Å². The molecule has 0 radical (unpaired) electrons. The predicted molar refractivity (Wildman–Crippen MR) is 90.1 cm³/mol. The fraction of sp³-hybridized carbons (Fsp3) is 0.600. The van der Waals surface area contributed by atoms with Crippen molar-refractivity contribution in [3.63, 3.8) is 0 Å². The molecule has 2 atom stereocenters. The van der Waals surface area contributed by atoms with E-state index in [0.29, 0.717) is 6.04 Å². The number of aromatic nitrogens is 2. The largest absolute Gasteiger partial charge is 0.366 e. The van der Waals surface area contributed by atoms with E-state index in [9.17, 15) is 0 Å². The minimum Gasteiger partial charge on any atom is -0.366 e. The number of hydrogen-bond acceptors (Lipinski definition) is 5. The van der Waals surface area contributed by atoms with Crippen molar-refractivity contribution in [3.8, 4) is 0 Å². The summed E-state index contributed by atoms with van der Waals surface area (Å²) >= 11 is 3.84. The Labute approximate surface area is 128 Å². The molecule has 3 rings (SSSR count). The number of aryl methyl sites for hydroxylation is 2. The summed E-state index contributed by atoms with van der Waals surface area (Å²) in [7, 11) is 0. The van der Waals surface area contributed by atoms with E-state index < -0.39 is 0 Å². The zero-order valence-corrected chi connectivity index (χ0v) is 13.9. The molecule has 1 saturated carbocycles. The van der Waals surface area contributed by atoms with Crippen molar-refractivity contribution in [2.75, 3.05) is 11.1 Å². The Morgan fingerprint density at radius 2 is 2.20 bits per heavy atom. The van der Waals surface area contributed by atoms with Crippen LogP contribution < -0.4 is 5.32 Å². The van der Waals surface area contributed by atoms with Gasteiger partial charge in [0.1, 0.15) is 17.0 Å². The Bertz CT molecular complexity index is 608. The highest BCUT2D eigenvalue weighted by molar-refractivity contribution is 7.99. The van der Waals surface area contributed by atoms with Crippen LogP contribution in [-0.4, -0.2) is 27.0 Å². The molecule has 20 heavy (non-hydrogen) atoms. The molecular formula is C15H21N3S2. The number of thioether (sulfide) groups is 1. The first-order valence-electron chi connectivity index (χ1n) is 7.29. The second-order valence-electron chi connectivity index (χ2n) is 5.36. The summed E-state index contributed by atoms with van der Waals surface area (Å²) in [5, 5.41) is 5.66. The SMILES string of the molecule is CCSC1CCCC1Nc1ncnc2sc(C)c(C)c12. The standard InChI is InChI=1S/C15H21N3S2/c1-4-19-12-7-5-6-11(12)18-14-13-9(2)10(3)20-15(13)17-8-16-14/h8,11-12H,4-7H2,1-3H3,(H,16,17,18). The molecule has 0 saturated heterocycles. The molecule has 0 aliphatic heterocycles. The Kier molecular flexibility index (Phi) is 4.17. The highest BCUT2D eigenvalue weighted by Gasteiger charge is 2.28. The number of fused-ring (bicyclic) bond motifs is 1. The van der Waals surface area contributed by atoms with Crippen LogP contribution in [0.4, 0.5) is 5.82 Å². The van der Waals surface area contributed by atoms with Crippen LogP contribution >= 0.6 is 23.1 Å². The Balaban J connectivity index is 1.91. The van der Waals surface area contributed by atoms with Gasteiger partial charge in [0.25, 0.3) is 0 Å². The summed E-state index contributed by atoms with van der Waals surface area (Å²) in [5.74, 6) is 2.23. The fourth-order valence-electron chi connectivity index (χ4n) is 2.97. The average molecular weight is 307 g/mol. The lowest BCUT2D eigenvalue weighted by molar-refractivity contribution is 0.763. The van der Waals surface area contributed by atoms with Crippen LogP contribution in [-0.2, 0) is 0 Å². The van der Waals surface area contributed by atoms with E-state index in [-0.39, 0.29) is 0 Å². The zero-order chi connectivity index (χ0) is 14.1. The Morgan fingerprint density at radius 3 is 3.00 bits per heavy atom. The first-order chi connectivity index (χ1) is 9.70. The summed E-state index contributed by atoms with van der Waals surface area (Å²) in [6.07, 6.45) is 5.60. The first kappa shape index (κ1) is 14.1.